The second-order valence-electron chi connectivity index (χ2n) is 7.29. The van der Waals surface area contributed by atoms with Crippen molar-refractivity contribution in [3.63, 3.8) is 0 Å². The van der Waals surface area contributed by atoms with Gasteiger partial charge in [-0.3, -0.25) is 14.5 Å². The zero-order chi connectivity index (χ0) is 19.3. The zero-order valence-corrected chi connectivity index (χ0v) is 15.3. The summed E-state index contributed by atoms with van der Waals surface area (Å²) in [7, 11) is 0. The van der Waals surface area contributed by atoms with Gasteiger partial charge in [-0.2, -0.15) is 0 Å². The maximum Gasteiger partial charge on any atom is 0.272 e. The summed E-state index contributed by atoms with van der Waals surface area (Å²) in [5, 5.41) is 1.80. The van der Waals surface area contributed by atoms with Crippen molar-refractivity contribution in [1.82, 2.24) is 9.47 Å². The lowest BCUT2D eigenvalue weighted by atomic mass is 10.0. The van der Waals surface area contributed by atoms with Crippen molar-refractivity contribution in [3.8, 4) is 0 Å². The van der Waals surface area contributed by atoms with E-state index in [1.807, 2.05) is 24.3 Å². The second-order valence-corrected chi connectivity index (χ2v) is 7.29. The molecule has 140 valence electrons. The fraction of sp³-hybridized carbons (Fsp3) is 0.333. The van der Waals surface area contributed by atoms with Crippen molar-refractivity contribution < 1.29 is 18.4 Å². The lowest BCUT2D eigenvalue weighted by Gasteiger charge is -2.38. The molecule has 0 radical (unpaired) electrons. The lowest BCUT2D eigenvalue weighted by Crippen LogP contribution is -2.56. The number of nitrogens with zero attached hydrogens (tertiary/aromatic N) is 2. The summed E-state index contributed by atoms with van der Waals surface area (Å²) in [6.07, 6.45) is 0. The quantitative estimate of drug-likeness (QED) is 0.634. The van der Waals surface area contributed by atoms with Crippen LogP contribution >= 0.6 is 0 Å². The van der Waals surface area contributed by atoms with Crippen molar-refractivity contribution in [1.29, 1.82) is 0 Å². The molecule has 1 aliphatic rings. The third kappa shape index (κ3) is 3.14. The number of carbonyl (C=O) groups excluding carboxylic acids is 2. The minimum Gasteiger partial charge on any atom is -0.339 e. The normalized spacial score (nSPS) is 16.6. The van der Waals surface area contributed by atoms with E-state index >= 15 is 0 Å². The van der Waals surface area contributed by atoms with Crippen LogP contribution in [0.5, 0.6) is 0 Å². The average Bonchev–Trinajstić information content (AvgIpc) is 2.90. The SMILES string of the molecule is CC(=O)c1ccc2c(c1)c1cc(C(C)=O)ccc1n2CCN1CC(F)(F)C1. The van der Waals surface area contributed by atoms with Crippen LogP contribution in [0.15, 0.2) is 36.4 Å². The predicted octanol–water partition coefficient (Wildman–Crippen LogP) is 4.15. The summed E-state index contributed by atoms with van der Waals surface area (Å²) in [5.41, 5.74) is 3.08. The monoisotopic (exact) mass is 370 g/mol. The van der Waals surface area contributed by atoms with E-state index in [0.717, 1.165) is 21.8 Å². The molecule has 0 aliphatic carbocycles. The molecular formula is C21H20F2N2O2. The summed E-state index contributed by atoms with van der Waals surface area (Å²) in [5.74, 6) is -2.63. The van der Waals surface area contributed by atoms with E-state index < -0.39 is 5.92 Å². The summed E-state index contributed by atoms with van der Waals surface area (Å²) in [6.45, 7) is 3.73. The molecule has 1 fully saturated rings. The summed E-state index contributed by atoms with van der Waals surface area (Å²) >= 11 is 0. The molecule has 0 bridgehead atoms. The van der Waals surface area contributed by atoms with Gasteiger partial charge in [0.25, 0.3) is 5.92 Å². The Balaban J connectivity index is 1.80. The molecule has 0 N–H and O–H groups in total. The van der Waals surface area contributed by atoms with Crippen molar-refractivity contribution in [3.05, 3.63) is 47.5 Å². The number of benzene rings is 2. The van der Waals surface area contributed by atoms with Gasteiger partial charge >= 0.3 is 0 Å². The average molecular weight is 370 g/mol. The number of halogens is 2. The minimum atomic E-state index is -2.58. The van der Waals surface area contributed by atoms with Crippen molar-refractivity contribution in [2.24, 2.45) is 0 Å². The molecule has 4 nitrogen and oxygen atoms in total. The van der Waals surface area contributed by atoms with Crippen LogP contribution < -0.4 is 0 Å². The van der Waals surface area contributed by atoms with Gasteiger partial charge < -0.3 is 4.57 Å². The van der Waals surface area contributed by atoms with Gasteiger partial charge in [0.1, 0.15) is 0 Å². The largest absolute Gasteiger partial charge is 0.339 e. The smallest absolute Gasteiger partial charge is 0.272 e. The molecule has 1 aromatic heterocycles. The molecule has 1 saturated heterocycles. The molecule has 2 aromatic carbocycles. The number of carbonyl (C=O) groups is 2. The number of likely N-dealkylation sites (tertiary alicyclic amines) is 1. The molecule has 0 saturated carbocycles. The molecule has 1 aliphatic heterocycles. The topological polar surface area (TPSA) is 42.3 Å². The highest BCUT2D eigenvalue weighted by Gasteiger charge is 2.43. The van der Waals surface area contributed by atoms with Gasteiger partial charge in [0.05, 0.1) is 13.1 Å². The number of hydrogen-bond acceptors (Lipinski definition) is 3. The lowest BCUT2D eigenvalue weighted by molar-refractivity contribution is -0.130. The van der Waals surface area contributed by atoms with Crippen LogP contribution in [-0.4, -0.2) is 46.6 Å². The van der Waals surface area contributed by atoms with E-state index in [2.05, 4.69) is 4.57 Å². The van der Waals surface area contributed by atoms with E-state index in [0.29, 0.717) is 24.2 Å². The summed E-state index contributed by atoms with van der Waals surface area (Å²) < 4.78 is 28.3. The first-order valence-corrected chi connectivity index (χ1v) is 8.93. The highest BCUT2D eigenvalue weighted by Crippen LogP contribution is 2.32. The highest BCUT2D eigenvalue weighted by molar-refractivity contribution is 6.12. The van der Waals surface area contributed by atoms with Gasteiger partial charge in [0, 0.05) is 46.0 Å². The van der Waals surface area contributed by atoms with Crippen LogP contribution in [-0.2, 0) is 6.54 Å². The molecule has 3 aromatic rings. The number of alkyl halides is 2. The molecule has 4 rings (SSSR count). The van der Waals surface area contributed by atoms with Gasteiger partial charge in [-0.05, 0) is 50.2 Å². The number of aromatic nitrogens is 1. The van der Waals surface area contributed by atoms with E-state index in [9.17, 15) is 18.4 Å². The Morgan fingerprint density at radius 1 is 0.889 bits per heavy atom. The van der Waals surface area contributed by atoms with E-state index in [4.69, 9.17) is 0 Å². The van der Waals surface area contributed by atoms with Crippen LogP contribution in [0.2, 0.25) is 0 Å². The molecule has 6 heteroatoms. The van der Waals surface area contributed by atoms with Gasteiger partial charge in [-0.25, -0.2) is 8.78 Å². The van der Waals surface area contributed by atoms with Crippen LogP contribution in [0, 0.1) is 0 Å². The maximum absolute atomic E-state index is 13.1. The van der Waals surface area contributed by atoms with Gasteiger partial charge in [-0.1, -0.05) is 0 Å². The Hall–Kier alpha value is -2.60. The Morgan fingerprint density at radius 3 is 1.78 bits per heavy atom. The number of hydrogen-bond donors (Lipinski definition) is 0. The number of ketones is 2. The second kappa shape index (κ2) is 6.23. The molecular weight excluding hydrogens is 350 g/mol. The first kappa shape index (κ1) is 17.8. The molecule has 27 heavy (non-hydrogen) atoms. The zero-order valence-electron chi connectivity index (χ0n) is 15.3. The molecule has 0 atom stereocenters. The van der Waals surface area contributed by atoms with E-state index in [-0.39, 0.29) is 24.7 Å². The van der Waals surface area contributed by atoms with Gasteiger partial charge in [-0.15, -0.1) is 0 Å². The first-order valence-electron chi connectivity index (χ1n) is 8.93. The maximum atomic E-state index is 13.1. The summed E-state index contributed by atoms with van der Waals surface area (Å²) in [4.78, 5) is 25.3. The summed E-state index contributed by atoms with van der Waals surface area (Å²) in [6, 6.07) is 11.0. The molecule has 2 heterocycles. The van der Waals surface area contributed by atoms with Crippen LogP contribution in [0.4, 0.5) is 8.78 Å². The number of fused-ring (bicyclic) bond motifs is 3. The van der Waals surface area contributed by atoms with Crippen molar-refractivity contribution in [2.45, 2.75) is 26.3 Å². The van der Waals surface area contributed by atoms with Crippen LogP contribution in [0.3, 0.4) is 0 Å². The standard InChI is InChI=1S/C21H20F2N2O2/c1-13(26)15-3-5-19-17(9-15)18-10-16(14(2)27)4-6-20(18)25(19)8-7-24-11-21(22,23)12-24/h3-6,9-10H,7-8,11-12H2,1-2H3. The van der Waals surface area contributed by atoms with Crippen LogP contribution in [0.1, 0.15) is 34.6 Å². The Bertz CT molecular complexity index is 1010. The van der Waals surface area contributed by atoms with Crippen LogP contribution in [0.25, 0.3) is 21.8 Å². The van der Waals surface area contributed by atoms with Crippen molar-refractivity contribution in [2.75, 3.05) is 19.6 Å². The predicted molar refractivity (Wildman–Crippen MR) is 101 cm³/mol. The minimum absolute atomic E-state index is 0.0247. The fourth-order valence-electron chi connectivity index (χ4n) is 3.79. The fourth-order valence-corrected chi connectivity index (χ4v) is 3.79. The number of rotatable bonds is 5. The van der Waals surface area contributed by atoms with E-state index in [1.165, 1.54) is 13.8 Å². The van der Waals surface area contributed by atoms with E-state index in [1.54, 1.807) is 17.0 Å². The Morgan fingerprint density at radius 2 is 1.37 bits per heavy atom. The first-order chi connectivity index (χ1) is 12.7. The highest BCUT2D eigenvalue weighted by atomic mass is 19.3. The number of Topliss-reactive ketones (excluding diaryl/α,β-unsaturated/α-hetero) is 2. The van der Waals surface area contributed by atoms with Crippen molar-refractivity contribution >= 4 is 33.4 Å². The molecule has 0 unspecified atom stereocenters. The Labute approximate surface area is 155 Å². The third-order valence-corrected chi connectivity index (χ3v) is 5.23. The third-order valence-electron chi connectivity index (χ3n) is 5.23. The molecule has 0 amide bonds. The molecule has 0 spiro atoms. The Kier molecular flexibility index (Phi) is 4.11. The van der Waals surface area contributed by atoms with Gasteiger partial charge in [0.15, 0.2) is 11.6 Å². The van der Waals surface area contributed by atoms with Gasteiger partial charge in [0.2, 0.25) is 0 Å².